The highest BCUT2D eigenvalue weighted by Gasteiger charge is 2.35. The minimum absolute atomic E-state index is 0.0448. The van der Waals surface area contributed by atoms with Crippen LogP contribution in [0.25, 0.3) is 33.2 Å². The molecule has 0 saturated heterocycles. The van der Waals surface area contributed by atoms with Gasteiger partial charge in [0, 0.05) is 17.0 Å². The normalized spacial score (nSPS) is 17.8. The van der Waals surface area contributed by atoms with Gasteiger partial charge in [0.25, 0.3) is 0 Å². The van der Waals surface area contributed by atoms with E-state index in [1.165, 1.54) is 21.9 Å². The smallest absolute Gasteiger partial charge is 0.201 e. The van der Waals surface area contributed by atoms with Crippen LogP contribution in [-0.2, 0) is 0 Å². The highest BCUT2D eigenvalue weighted by Crippen LogP contribution is 2.46. The second-order valence-corrected chi connectivity index (χ2v) is 10.7. The van der Waals surface area contributed by atoms with Crippen molar-refractivity contribution in [1.29, 1.82) is 0 Å². The van der Waals surface area contributed by atoms with E-state index in [1.807, 2.05) is 42.5 Å². The monoisotopic (exact) mass is 541 g/mol. The van der Waals surface area contributed by atoms with Gasteiger partial charge in [-0.2, -0.15) is 0 Å². The molecule has 7 rings (SSSR count). The van der Waals surface area contributed by atoms with Crippen molar-refractivity contribution in [1.82, 2.24) is 0 Å². The fraction of sp³-hybridized carbons (Fsp3) is 0.0513. The van der Waals surface area contributed by atoms with Gasteiger partial charge >= 0.3 is 0 Å². The van der Waals surface area contributed by atoms with Gasteiger partial charge in [-0.25, -0.2) is 4.99 Å². The minimum Gasteiger partial charge on any atom is -0.369 e. The van der Waals surface area contributed by atoms with E-state index in [0.29, 0.717) is 5.96 Å². The van der Waals surface area contributed by atoms with Crippen LogP contribution in [0.2, 0.25) is 0 Å². The molecule has 5 aromatic carbocycles. The molecule has 0 fully saturated rings. The van der Waals surface area contributed by atoms with E-state index < -0.39 is 0 Å². The zero-order valence-electron chi connectivity index (χ0n) is 23.3. The molecule has 0 aromatic heterocycles. The highest BCUT2D eigenvalue weighted by molar-refractivity contribution is 6.05. The molecule has 2 N–H and O–H groups in total. The van der Waals surface area contributed by atoms with Gasteiger partial charge in [-0.05, 0) is 57.3 Å². The van der Waals surface area contributed by atoms with Gasteiger partial charge in [0.2, 0.25) is 5.96 Å². The summed E-state index contributed by atoms with van der Waals surface area (Å²) in [5.41, 5.74) is 15.4. The molecule has 1 aliphatic heterocycles. The zero-order chi connectivity index (χ0) is 28.5. The van der Waals surface area contributed by atoms with Gasteiger partial charge in [0.1, 0.15) is 0 Å². The molecule has 3 heteroatoms. The summed E-state index contributed by atoms with van der Waals surface area (Å²) in [7, 11) is 0. The molecule has 1 heterocycles. The summed E-state index contributed by atoms with van der Waals surface area (Å²) in [6.07, 6.45) is 10.8. The predicted octanol–water partition coefficient (Wildman–Crippen LogP) is 8.97. The number of hydrogen-bond donors (Lipinski definition) is 1. The molecular weight excluding hydrogens is 510 g/mol. The molecule has 0 radical (unpaired) electrons. The summed E-state index contributed by atoms with van der Waals surface area (Å²) in [4.78, 5) is 7.35. The third-order valence-corrected chi connectivity index (χ3v) is 8.14. The van der Waals surface area contributed by atoms with Crippen molar-refractivity contribution in [3.8, 4) is 11.1 Å². The van der Waals surface area contributed by atoms with Crippen LogP contribution >= 0.6 is 0 Å². The first-order valence-corrected chi connectivity index (χ1v) is 14.3. The zero-order valence-corrected chi connectivity index (χ0v) is 23.3. The summed E-state index contributed by atoms with van der Waals surface area (Å²) in [6, 6.07) is 42.1. The number of nitrogens with zero attached hydrogens (tertiary/aromatic N) is 2. The topological polar surface area (TPSA) is 41.6 Å². The number of aliphatic imine (C=N–C) groups is 1. The fourth-order valence-corrected chi connectivity index (χ4v) is 6.11. The van der Waals surface area contributed by atoms with Crippen LogP contribution in [0, 0.1) is 0 Å². The van der Waals surface area contributed by atoms with Gasteiger partial charge in [0.15, 0.2) is 0 Å². The summed E-state index contributed by atoms with van der Waals surface area (Å²) in [5.74, 6) is 0.532. The second kappa shape index (κ2) is 10.9. The molecule has 2 aliphatic rings. The number of nitrogens with two attached hydrogens (primary N) is 1. The number of anilines is 1. The molecule has 3 nitrogen and oxygen atoms in total. The van der Waals surface area contributed by atoms with Crippen LogP contribution in [-0.4, -0.2) is 12.0 Å². The van der Waals surface area contributed by atoms with Crippen molar-refractivity contribution < 1.29 is 0 Å². The van der Waals surface area contributed by atoms with Crippen LogP contribution in [0.1, 0.15) is 22.6 Å². The third kappa shape index (κ3) is 4.65. The van der Waals surface area contributed by atoms with Crippen LogP contribution in [0.5, 0.6) is 0 Å². The largest absolute Gasteiger partial charge is 0.369 e. The molecular formula is C39H31N3. The highest BCUT2D eigenvalue weighted by atomic mass is 15.3. The Balaban J connectivity index is 1.41. The minimum atomic E-state index is -0.0448. The Kier molecular flexibility index (Phi) is 6.61. The molecule has 0 spiro atoms. The maximum absolute atomic E-state index is 7.07. The maximum Gasteiger partial charge on any atom is 0.201 e. The Morgan fingerprint density at radius 2 is 1.31 bits per heavy atom. The van der Waals surface area contributed by atoms with Gasteiger partial charge in [-0.15, -0.1) is 0 Å². The second-order valence-electron chi connectivity index (χ2n) is 10.7. The molecule has 1 aliphatic carbocycles. The maximum atomic E-state index is 7.07. The van der Waals surface area contributed by atoms with Crippen LogP contribution in [0.3, 0.4) is 0 Å². The first-order chi connectivity index (χ1) is 20.7. The van der Waals surface area contributed by atoms with E-state index in [1.54, 1.807) is 0 Å². The van der Waals surface area contributed by atoms with Crippen LogP contribution in [0.4, 0.5) is 5.69 Å². The Bertz CT molecular complexity index is 1910. The van der Waals surface area contributed by atoms with Crippen LogP contribution < -0.4 is 10.6 Å². The molecule has 0 bridgehead atoms. The van der Waals surface area contributed by atoms with E-state index in [2.05, 4.69) is 121 Å². The van der Waals surface area contributed by atoms with Crippen molar-refractivity contribution in [3.05, 3.63) is 175 Å². The summed E-state index contributed by atoms with van der Waals surface area (Å²) in [5, 5.41) is 2.46. The van der Waals surface area contributed by atoms with E-state index in [9.17, 15) is 0 Å². The van der Waals surface area contributed by atoms with E-state index >= 15 is 0 Å². The number of guanidine groups is 1. The van der Waals surface area contributed by atoms with Crippen molar-refractivity contribution in [2.24, 2.45) is 10.7 Å². The third-order valence-electron chi connectivity index (χ3n) is 8.14. The summed E-state index contributed by atoms with van der Waals surface area (Å²) < 4.78 is 0. The fourth-order valence-electron chi connectivity index (χ4n) is 6.11. The number of fused-ring (bicyclic) bond motifs is 6. The lowest BCUT2D eigenvalue weighted by Crippen LogP contribution is -2.46. The Morgan fingerprint density at radius 1 is 0.690 bits per heavy atom. The van der Waals surface area contributed by atoms with Gasteiger partial charge < -0.3 is 10.6 Å². The first-order valence-electron chi connectivity index (χ1n) is 14.3. The van der Waals surface area contributed by atoms with E-state index in [-0.39, 0.29) is 12.0 Å². The number of allylic oxidation sites excluding steroid dienone is 4. The lowest BCUT2D eigenvalue weighted by molar-refractivity contribution is 0.707. The van der Waals surface area contributed by atoms with Crippen molar-refractivity contribution >= 4 is 33.7 Å². The number of para-hydroxylation sites is 1. The predicted molar refractivity (Wildman–Crippen MR) is 178 cm³/mol. The molecule has 2 atom stereocenters. The Morgan fingerprint density at radius 3 is 2.07 bits per heavy atom. The summed E-state index contributed by atoms with van der Waals surface area (Å²) >= 11 is 0. The van der Waals surface area contributed by atoms with E-state index in [0.717, 1.165) is 33.6 Å². The standard InChI is InChI=1S/C39H31N3/c1-27(28-14-4-2-5-15-28)24-36(29-16-6-3-7-17-29)41-39(40)42-37-22-12-10-20-32(37)34-25-30-18-8-9-19-31(30)26-35(34)33-21-11-13-23-38(33)42/h2-26,32,37H,1H2,(H2,40,41)/b36-24-. The molecule has 2 unspecified atom stereocenters. The number of rotatable bonds is 4. The van der Waals surface area contributed by atoms with Gasteiger partial charge in [0.05, 0.1) is 17.4 Å². The molecule has 0 saturated carbocycles. The number of hydrogen-bond acceptors (Lipinski definition) is 1. The van der Waals surface area contributed by atoms with Crippen molar-refractivity contribution in [2.75, 3.05) is 4.90 Å². The SMILES string of the molecule is C=C(/C=C(\N=C(N)N1c2ccccc2-c2cc3ccccc3cc2C2C=CC=CC21)c1ccccc1)c1ccccc1. The average molecular weight is 542 g/mol. The van der Waals surface area contributed by atoms with E-state index in [4.69, 9.17) is 10.7 Å². The molecule has 202 valence electrons. The Hall–Kier alpha value is -5.41. The molecule has 42 heavy (non-hydrogen) atoms. The van der Waals surface area contributed by atoms with Crippen molar-refractivity contribution in [2.45, 2.75) is 12.0 Å². The quantitative estimate of drug-likeness (QED) is 0.140. The Labute approximate surface area is 247 Å². The van der Waals surface area contributed by atoms with Gasteiger partial charge in [-0.3, -0.25) is 0 Å². The lowest BCUT2D eigenvalue weighted by atomic mass is 9.83. The summed E-state index contributed by atoms with van der Waals surface area (Å²) in [6.45, 7) is 4.36. The number of benzene rings is 5. The van der Waals surface area contributed by atoms with Crippen LogP contribution in [0.15, 0.2) is 163 Å². The molecule has 5 aromatic rings. The first kappa shape index (κ1) is 25.6. The average Bonchev–Trinajstić information content (AvgIpc) is 3.16. The van der Waals surface area contributed by atoms with Gasteiger partial charge in [-0.1, -0.05) is 134 Å². The molecule has 0 amide bonds. The van der Waals surface area contributed by atoms with Crippen molar-refractivity contribution in [3.63, 3.8) is 0 Å². The lowest BCUT2D eigenvalue weighted by Gasteiger charge is -2.35.